The lowest BCUT2D eigenvalue weighted by Crippen LogP contribution is -2.31. The summed E-state index contributed by atoms with van der Waals surface area (Å²) in [5.41, 5.74) is 8.74. The number of fused-ring (bicyclic) bond motifs is 1. The maximum absolute atomic E-state index is 4.86. The zero-order valence-corrected chi connectivity index (χ0v) is 14.9. The molecule has 0 fully saturated rings. The summed E-state index contributed by atoms with van der Waals surface area (Å²) in [5.74, 6) is 0.444. The highest BCUT2D eigenvalue weighted by Crippen LogP contribution is 2.30. The van der Waals surface area contributed by atoms with Crippen molar-refractivity contribution in [2.45, 2.75) is 40.5 Å². The van der Waals surface area contributed by atoms with Gasteiger partial charge >= 0.3 is 0 Å². The number of benzene rings is 1. The molecule has 3 aromatic rings. The predicted molar refractivity (Wildman–Crippen MR) is 96.7 cm³/mol. The van der Waals surface area contributed by atoms with E-state index in [0.717, 1.165) is 11.2 Å². The Morgan fingerprint density at radius 1 is 1.00 bits per heavy atom. The lowest BCUT2D eigenvalue weighted by molar-refractivity contribution is -0.659. The molecule has 1 aromatic carbocycles. The van der Waals surface area contributed by atoms with Crippen molar-refractivity contribution in [2.75, 3.05) is 0 Å². The summed E-state index contributed by atoms with van der Waals surface area (Å²) in [5, 5.41) is 1.22. The molecule has 3 rings (SSSR count). The van der Waals surface area contributed by atoms with Gasteiger partial charge in [0.15, 0.2) is 6.20 Å². The van der Waals surface area contributed by atoms with Crippen molar-refractivity contribution in [3.05, 3.63) is 58.9 Å². The first kappa shape index (κ1) is 15.7. The fraction of sp³-hybridized carbons (Fsp3) is 0.333. The van der Waals surface area contributed by atoms with Gasteiger partial charge in [0, 0.05) is 11.8 Å². The van der Waals surface area contributed by atoms with Crippen molar-refractivity contribution in [1.29, 1.82) is 0 Å². The van der Waals surface area contributed by atoms with Gasteiger partial charge < -0.3 is 0 Å². The highest BCUT2D eigenvalue weighted by molar-refractivity contribution is 5.91. The van der Waals surface area contributed by atoms with E-state index in [1.807, 2.05) is 0 Å². The van der Waals surface area contributed by atoms with Gasteiger partial charge in [-0.25, -0.2) is 4.57 Å². The average molecular weight is 305 g/mol. The van der Waals surface area contributed by atoms with Crippen LogP contribution in [0.15, 0.2) is 36.5 Å². The highest BCUT2D eigenvalue weighted by Gasteiger charge is 2.19. The third-order valence-electron chi connectivity index (χ3n) is 4.67. The van der Waals surface area contributed by atoms with Gasteiger partial charge in [-0.05, 0) is 56.0 Å². The summed E-state index contributed by atoms with van der Waals surface area (Å²) in [6.45, 7) is 10.9. The smallest absolute Gasteiger partial charge is 0.222 e. The zero-order valence-electron chi connectivity index (χ0n) is 14.9. The Morgan fingerprint density at radius 3 is 2.43 bits per heavy atom. The highest BCUT2D eigenvalue weighted by atomic mass is 14.9. The second kappa shape index (κ2) is 5.77. The molecule has 0 aliphatic rings. The summed E-state index contributed by atoms with van der Waals surface area (Å²) in [7, 11) is 2.11. The van der Waals surface area contributed by atoms with Gasteiger partial charge in [0.05, 0.1) is 16.5 Å². The molecule has 23 heavy (non-hydrogen) atoms. The van der Waals surface area contributed by atoms with E-state index in [1.54, 1.807) is 0 Å². The van der Waals surface area contributed by atoms with Crippen molar-refractivity contribution in [3.8, 4) is 11.3 Å². The quantitative estimate of drug-likeness (QED) is 0.623. The molecule has 0 aliphatic carbocycles. The molecule has 0 unspecified atom stereocenters. The zero-order chi connectivity index (χ0) is 16.7. The van der Waals surface area contributed by atoms with Crippen LogP contribution in [0.3, 0.4) is 0 Å². The SMILES string of the molecule is Cc1cc(C)c(C)c(-c2c3ccc(C(C)C)nc3cc[n+]2C)c1. The Labute approximate surface area is 138 Å². The van der Waals surface area contributed by atoms with Crippen molar-refractivity contribution >= 4 is 10.9 Å². The number of aryl methyl sites for hydroxylation is 3. The molecule has 0 bridgehead atoms. The van der Waals surface area contributed by atoms with Crippen LogP contribution in [-0.4, -0.2) is 4.98 Å². The monoisotopic (exact) mass is 305 g/mol. The van der Waals surface area contributed by atoms with Crippen molar-refractivity contribution in [3.63, 3.8) is 0 Å². The first-order valence-electron chi connectivity index (χ1n) is 8.26. The number of pyridine rings is 2. The number of rotatable bonds is 2. The normalized spacial score (nSPS) is 11.4. The molecule has 0 aliphatic heterocycles. The van der Waals surface area contributed by atoms with Gasteiger partial charge in [-0.15, -0.1) is 0 Å². The number of hydrogen-bond donors (Lipinski definition) is 0. The minimum absolute atomic E-state index is 0.444. The minimum Gasteiger partial charge on any atom is -0.252 e. The largest absolute Gasteiger partial charge is 0.252 e. The summed E-state index contributed by atoms with van der Waals surface area (Å²) < 4.78 is 2.21. The standard InChI is InChI=1S/C21H25N2/c1-13(2)19-8-7-17-20(22-19)9-10-23(6)21(17)18-12-14(3)11-15(4)16(18)5/h7-13H,1-6H3/q+1. The topological polar surface area (TPSA) is 16.8 Å². The second-order valence-electron chi connectivity index (χ2n) is 6.85. The average Bonchev–Trinajstić information content (AvgIpc) is 2.50. The van der Waals surface area contributed by atoms with E-state index >= 15 is 0 Å². The van der Waals surface area contributed by atoms with Crippen molar-refractivity contribution < 1.29 is 4.57 Å². The molecule has 0 amide bonds. The molecule has 0 spiro atoms. The van der Waals surface area contributed by atoms with Gasteiger partial charge in [-0.1, -0.05) is 25.5 Å². The molecular weight excluding hydrogens is 280 g/mol. The molecule has 0 radical (unpaired) electrons. The van der Waals surface area contributed by atoms with Crippen LogP contribution in [0.25, 0.3) is 22.2 Å². The molecule has 0 N–H and O–H groups in total. The lowest BCUT2D eigenvalue weighted by Gasteiger charge is -2.12. The summed E-state index contributed by atoms with van der Waals surface area (Å²) in [4.78, 5) is 4.86. The van der Waals surface area contributed by atoms with Gasteiger partial charge in [0.2, 0.25) is 5.69 Å². The van der Waals surface area contributed by atoms with Crippen LogP contribution < -0.4 is 4.57 Å². The van der Waals surface area contributed by atoms with E-state index in [9.17, 15) is 0 Å². The van der Waals surface area contributed by atoms with Crippen LogP contribution in [-0.2, 0) is 7.05 Å². The number of aromatic nitrogens is 2. The van der Waals surface area contributed by atoms with E-state index in [2.05, 4.69) is 82.8 Å². The molecule has 2 heterocycles. The fourth-order valence-electron chi connectivity index (χ4n) is 3.21. The summed E-state index contributed by atoms with van der Waals surface area (Å²) >= 11 is 0. The molecule has 2 nitrogen and oxygen atoms in total. The van der Waals surface area contributed by atoms with Crippen molar-refractivity contribution in [2.24, 2.45) is 7.05 Å². The molecule has 0 saturated heterocycles. The molecule has 2 heteroatoms. The predicted octanol–water partition coefficient (Wildman–Crippen LogP) is 4.77. The van der Waals surface area contributed by atoms with E-state index < -0.39 is 0 Å². The summed E-state index contributed by atoms with van der Waals surface area (Å²) in [6.07, 6.45) is 2.12. The third-order valence-corrected chi connectivity index (χ3v) is 4.67. The van der Waals surface area contributed by atoms with Crippen LogP contribution in [0.2, 0.25) is 0 Å². The van der Waals surface area contributed by atoms with Crippen LogP contribution in [0.1, 0.15) is 42.1 Å². The van der Waals surface area contributed by atoms with Crippen LogP contribution in [0, 0.1) is 20.8 Å². The molecular formula is C21H25N2+. The number of hydrogen-bond acceptors (Lipinski definition) is 1. The van der Waals surface area contributed by atoms with Crippen LogP contribution >= 0.6 is 0 Å². The Balaban J connectivity index is 2.35. The van der Waals surface area contributed by atoms with Gasteiger partial charge in [-0.2, -0.15) is 0 Å². The first-order chi connectivity index (χ1) is 10.9. The number of nitrogens with zero attached hydrogens (tertiary/aromatic N) is 2. The maximum atomic E-state index is 4.86. The molecule has 0 atom stereocenters. The second-order valence-corrected chi connectivity index (χ2v) is 6.85. The van der Waals surface area contributed by atoms with Gasteiger partial charge in [0.1, 0.15) is 7.05 Å². The van der Waals surface area contributed by atoms with Crippen LogP contribution in [0.4, 0.5) is 0 Å². The summed E-state index contributed by atoms with van der Waals surface area (Å²) in [6, 6.07) is 11.0. The Hall–Kier alpha value is -2.22. The van der Waals surface area contributed by atoms with Gasteiger partial charge in [-0.3, -0.25) is 4.98 Å². The third kappa shape index (κ3) is 2.74. The van der Waals surface area contributed by atoms with E-state index in [0.29, 0.717) is 5.92 Å². The first-order valence-corrected chi connectivity index (χ1v) is 8.26. The minimum atomic E-state index is 0.444. The fourth-order valence-corrected chi connectivity index (χ4v) is 3.21. The molecule has 2 aromatic heterocycles. The van der Waals surface area contributed by atoms with E-state index in [1.165, 1.54) is 33.3 Å². The molecule has 0 saturated carbocycles. The van der Waals surface area contributed by atoms with E-state index in [4.69, 9.17) is 4.98 Å². The Bertz CT molecular complexity index is 892. The molecule has 118 valence electrons. The maximum Gasteiger partial charge on any atom is 0.222 e. The van der Waals surface area contributed by atoms with Crippen molar-refractivity contribution in [1.82, 2.24) is 4.98 Å². The Kier molecular flexibility index (Phi) is 3.93. The van der Waals surface area contributed by atoms with Crippen LogP contribution in [0.5, 0.6) is 0 Å². The van der Waals surface area contributed by atoms with Gasteiger partial charge in [0.25, 0.3) is 0 Å². The van der Waals surface area contributed by atoms with E-state index in [-0.39, 0.29) is 0 Å². The Morgan fingerprint density at radius 2 is 1.74 bits per heavy atom. The lowest BCUT2D eigenvalue weighted by atomic mass is 9.95.